The molecule has 1 aliphatic heterocycles. The van der Waals surface area contributed by atoms with Gasteiger partial charge in [-0.05, 0) is 43.2 Å². The number of para-hydroxylation sites is 1. The van der Waals surface area contributed by atoms with E-state index in [4.69, 9.17) is 4.42 Å². The molecule has 0 spiro atoms. The lowest BCUT2D eigenvalue weighted by molar-refractivity contribution is 0.466. The number of nitrogens with zero attached hydrogens (tertiary/aromatic N) is 2. The highest BCUT2D eigenvalue weighted by molar-refractivity contribution is 7.92. The van der Waals surface area contributed by atoms with Gasteiger partial charge in [0.1, 0.15) is 16.9 Å². The predicted octanol–water partition coefficient (Wildman–Crippen LogP) is 3.18. The number of aromatic hydroxyl groups is 1. The molecule has 0 atom stereocenters. The topological polar surface area (TPSA) is 100 Å². The molecule has 4 rings (SSSR count). The largest absolute Gasteiger partial charge is 0.506 e. The first-order chi connectivity index (χ1) is 13.5. The van der Waals surface area contributed by atoms with Gasteiger partial charge in [-0.2, -0.15) is 0 Å². The third-order valence-corrected chi connectivity index (χ3v) is 6.50. The van der Waals surface area contributed by atoms with E-state index < -0.39 is 15.6 Å². The lowest BCUT2D eigenvalue weighted by atomic mass is 10.1. The summed E-state index contributed by atoms with van der Waals surface area (Å²) in [5.41, 5.74) is 0.526. The van der Waals surface area contributed by atoms with E-state index in [0.29, 0.717) is 35.3 Å². The van der Waals surface area contributed by atoms with Crippen molar-refractivity contribution in [2.75, 3.05) is 16.6 Å². The molecule has 1 aliphatic rings. The molecule has 7 nitrogen and oxygen atoms in total. The normalized spacial score (nSPS) is 16.6. The molecule has 0 radical (unpaired) electrons. The summed E-state index contributed by atoms with van der Waals surface area (Å²) < 4.78 is 31.2. The molecule has 1 aromatic heterocycles. The van der Waals surface area contributed by atoms with Crippen LogP contribution < -0.4 is 9.93 Å². The Kier molecular flexibility index (Phi) is 4.64. The van der Waals surface area contributed by atoms with Crippen molar-refractivity contribution < 1.29 is 17.9 Å². The molecule has 144 valence electrons. The number of sulfonamides is 1. The Balaban J connectivity index is 1.70. The van der Waals surface area contributed by atoms with Crippen molar-refractivity contribution in [1.29, 1.82) is 0 Å². The van der Waals surface area contributed by atoms with E-state index >= 15 is 0 Å². The van der Waals surface area contributed by atoms with Crippen LogP contribution in [0, 0.1) is 0 Å². The summed E-state index contributed by atoms with van der Waals surface area (Å²) in [4.78, 5) is 16.4. The van der Waals surface area contributed by atoms with E-state index in [9.17, 15) is 18.3 Å². The van der Waals surface area contributed by atoms with E-state index in [0.717, 1.165) is 6.42 Å². The first-order valence-corrected chi connectivity index (χ1v) is 10.5. The standard InChI is InChI=1S/C20H18N2O5S/c23-19-16-8-1-2-9-18(16)27-20(24)17(19)13-21-14-6-5-7-15(12-14)22-10-3-4-11-28(22,25)26/h1-2,5-9,12-13,23H,3-4,10-11H2. The number of hydrogen-bond acceptors (Lipinski definition) is 6. The highest BCUT2D eigenvalue weighted by Crippen LogP contribution is 2.28. The van der Waals surface area contributed by atoms with Crippen LogP contribution in [0.5, 0.6) is 5.75 Å². The third kappa shape index (κ3) is 3.38. The van der Waals surface area contributed by atoms with E-state index in [1.165, 1.54) is 10.5 Å². The van der Waals surface area contributed by atoms with Gasteiger partial charge in [0, 0.05) is 12.8 Å². The average Bonchev–Trinajstić information content (AvgIpc) is 2.68. The smallest absolute Gasteiger partial charge is 0.348 e. The van der Waals surface area contributed by atoms with Crippen LogP contribution in [-0.4, -0.2) is 32.0 Å². The van der Waals surface area contributed by atoms with Gasteiger partial charge in [0.05, 0.1) is 22.5 Å². The second-order valence-electron chi connectivity index (χ2n) is 6.52. The Morgan fingerprint density at radius 3 is 2.75 bits per heavy atom. The fourth-order valence-electron chi connectivity index (χ4n) is 3.21. The van der Waals surface area contributed by atoms with Gasteiger partial charge < -0.3 is 9.52 Å². The Morgan fingerprint density at radius 1 is 1.11 bits per heavy atom. The summed E-state index contributed by atoms with van der Waals surface area (Å²) in [5, 5.41) is 10.8. The van der Waals surface area contributed by atoms with E-state index in [2.05, 4.69) is 4.99 Å². The predicted molar refractivity (Wildman–Crippen MR) is 108 cm³/mol. The van der Waals surface area contributed by atoms with Crippen molar-refractivity contribution in [1.82, 2.24) is 0 Å². The van der Waals surface area contributed by atoms with Crippen LogP contribution in [0.2, 0.25) is 0 Å². The minimum atomic E-state index is -3.32. The molecule has 2 aromatic carbocycles. The maximum atomic E-state index is 12.3. The van der Waals surface area contributed by atoms with Gasteiger partial charge in [0.2, 0.25) is 10.0 Å². The fourth-order valence-corrected chi connectivity index (χ4v) is 4.84. The summed E-state index contributed by atoms with van der Waals surface area (Å²) >= 11 is 0. The zero-order chi connectivity index (χ0) is 19.7. The van der Waals surface area contributed by atoms with Crippen LogP contribution in [0.15, 0.2) is 62.7 Å². The number of hydrogen-bond donors (Lipinski definition) is 1. The quantitative estimate of drug-likeness (QED) is 0.539. The van der Waals surface area contributed by atoms with Gasteiger partial charge >= 0.3 is 5.63 Å². The van der Waals surface area contributed by atoms with Crippen molar-refractivity contribution in [2.24, 2.45) is 4.99 Å². The molecule has 0 bridgehead atoms. The number of fused-ring (bicyclic) bond motifs is 1. The summed E-state index contributed by atoms with van der Waals surface area (Å²) in [5.74, 6) is -0.0719. The SMILES string of the molecule is O=c1oc2ccccc2c(O)c1C=Nc1cccc(N2CCCCS2(=O)=O)c1. The second-order valence-corrected chi connectivity index (χ2v) is 8.53. The van der Waals surface area contributed by atoms with Crippen molar-refractivity contribution in [2.45, 2.75) is 12.8 Å². The molecule has 0 saturated carbocycles. The van der Waals surface area contributed by atoms with E-state index in [-0.39, 0.29) is 17.1 Å². The number of rotatable bonds is 3. The van der Waals surface area contributed by atoms with Crippen molar-refractivity contribution >= 4 is 38.6 Å². The first kappa shape index (κ1) is 18.2. The number of aliphatic imine (C=N–C) groups is 1. The first-order valence-electron chi connectivity index (χ1n) is 8.85. The average molecular weight is 398 g/mol. The molecule has 1 fully saturated rings. The minimum absolute atomic E-state index is 0.0605. The minimum Gasteiger partial charge on any atom is -0.506 e. The maximum Gasteiger partial charge on any atom is 0.348 e. The van der Waals surface area contributed by atoms with E-state index in [1.807, 2.05) is 0 Å². The molecule has 3 aromatic rings. The molecule has 2 heterocycles. The molecule has 0 aliphatic carbocycles. The zero-order valence-corrected chi connectivity index (χ0v) is 15.7. The summed E-state index contributed by atoms with van der Waals surface area (Å²) in [6.45, 7) is 0.435. The molecular weight excluding hydrogens is 380 g/mol. The Morgan fingerprint density at radius 2 is 1.93 bits per heavy atom. The van der Waals surface area contributed by atoms with Crippen LogP contribution in [0.1, 0.15) is 18.4 Å². The monoisotopic (exact) mass is 398 g/mol. The molecule has 1 saturated heterocycles. The van der Waals surface area contributed by atoms with Crippen molar-refractivity contribution in [3.8, 4) is 5.75 Å². The molecule has 0 unspecified atom stereocenters. The molecule has 1 N–H and O–H groups in total. The summed E-state index contributed by atoms with van der Waals surface area (Å²) in [6, 6.07) is 13.4. The lowest BCUT2D eigenvalue weighted by Gasteiger charge is -2.28. The van der Waals surface area contributed by atoms with Crippen LogP contribution in [-0.2, 0) is 10.0 Å². The Bertz CT molecular complexity index is 1230. The van der Waals surface area contributed by atoms with Crippen LogP contribution in [0.4, 0.5) is 11.4 Å². The Labute approximate surface area is 161 Å². The van der Waals surface area contributed by atoms with Crippen LogP contribution in [0.25, 0.3) is 11.0 Å². The summed E-state index contributed by atoms with van der Waals surface area (Å²) in [7, 11) is -3.32. The number of anilines is 1. The second kappa shape index (κ2) is 7.12. The molecule has 0 amide bonds. The zero-order valence-electron chi connectivity index (χ0n) is 14.9. The molecule has 8 heteroatoms. The van der Waals surface area contributed by atoms with Crippen LogP contribution >= 0.6 is 0 Å². The summed E-state index contributed by atoms with van der Waals surface area (Å²) in [6.07, 6.45) is 2.70. The van der Waals surface area contributed by atoms with Crippen LogP contribution in [0.3, 0.4) is 0 Å². The van der Waals surface area contributed by atoms with E-state index in [1.54, 1.807) is 48.5 Å². The van der Waals surface area contributed by atoms with Crippen molar-refractivity contribution in [3.63, 3.8) is 0 Å². The van der Waals surface area contributed by atoms with Crippen molar-refractivity contribution in [3.05, 3.63) is 64.5 Å². The highest BCUT2D eigenvalue weighted by Gasteiger charge is 2.26. The van der Waals surface area contributed by atoms with Gasteiger partial charge in [0.25, 0.3) is 0 Å². The van der Waals surface area contributed by atoms with Gasteiger partial charge in [0.15, 0.2) is 0 Å². The van der Waals surface area contributed by atoms with Gasteiger partial charge in [-0.3, -0.25) is 9.30 Å². The molecule has 28 heavy (non-hydrogen) atoms. The van der Waals surface area contributed by atoms with Gasteiger partial charge in [-0.1, -0.05) is 18.2 Å². The van der Waals surface area contributed by atoms with Gasteiger partial charge in [-0.25, -0.2) is 13.2 Å². The lowest BCUT2D eigenvalue weighted by Crippen LogP contribution is -2.37. The highest BCUT2D eigenvalue weighted by atomic mass is 32.2. The Hall–Kier alpha value is -3.13. The molecular formula is C20H18N2O5S. The fraction of sp³-hybridized carbons (Fsp3) is 0.200. The third-order valence-electron chi connectivity index (χ3n) is 4.63. The number of benzene rings is 2. The van der Waals surface area contributed by atoms with Gasteiger partial charge in [-0.15, -0.1) is 0 Å². The maximum absolute atomic E-state index is 12.3.